The van der Waals surface area contributed by atoms with E-state index in [0.717, 1.165) is 22.4 Å². The Balaban J connectivity index is 1.76. The van der Waals surface area contributed by atoms with Crippen molar-refractivity contribution in [3.05, 3.63) is 63.6 Å². The third-order valence-corrected chi connectivity index (χ3v) is 3.35. The molecule has 0 radical (unpaired) electrons. The number of amides is 1. The number of benzene rings is 2. The number of hydrogen-bond donors (Lipinski definition) is 2. The Kier molecular flexibility index (Phi) is 3.55. The highest BCUT2D eigenvalue weighted by Gasteiger charge is 2.07. The highest BCUT2D eigenvalue weighted by atomic mass is 16.4. The molecule has 0 unspecified atom stereocenters. The number of rotatable bonds is 3. The molecule has 5 nitrogen and oxygen atoms in total. The quantitative estimate of drug-likeness (QED) is 0.780. The van der Waals surface area contributed by atoms with Crippen LogP contribution in [0.25, 0.3) is 11.1 Å². The number of anilines is 1. The van der Waals surface area contributed by atoms with Crippen LogP contribution in [-0.2, 0) is 11.2 Å². The fourth-order valence-corrected chi connectivity index (χ4v) is 2.55. The van der Waals surface area contributed by atoms with Gasteiger partial charge in [0.25, 0.3) is 0 Å². The van der Waals surface area contributed by atoms with Gasteiger partial charge in [-0.05, 0) is 54.8 Å². The van der Waals surface area contributed by atoms with E-state index in [0.29, 0.717) is 11.1 Å². The third-order valence-electron chi connectivity index (χ3n) is 3.35. The van der Waals surface area contributed by atoms with E-state index in [1.54, 1.807) is 18.2 Å². The van der Waals surface area contributed by atoms with Crippen LogP contribution in [-0.4, -0.2) is 10.9 Å². The lowest BCUT2D eigenvalue weighted by molar-refractivity contribution is -0.115. The number of hydrogen-bond acceptors (Lipinski definition) is 3. The van der Waals surface area contributed by atoms with Crippen LogP contribution in [0.15, 0.2) is 45.6 Å². The van der Waals surface area contributed by atoms with Crippen molar-refractivity contribution in [2.24, 2.45) is 0 Å². The molecule has 0 aliphatic carbocycles. The van der Waals surface area contributed by atoms with E-state index in [-0.39, 0.29) is 12.3 Å². The molecule has 0 atom stereocenters. The van der Waals surface area contributed by atoms with E-state index in [4.69, 9.17) is 4.42 Å². The Hall–Kier alpha value is -2.82. The van der Waals surface area contributed by atoms with Crippen LogP contribution in [0, 0.1) is 13.8 Å². The van der Waals surface area contributed by atoms with Crippen molar-refractivity contribution in [3.63, 3.8) is 0 Å². The second kappa shape index (κ2) is 5.52. The van der Waals surface area contributed by atoms with Gasteiger partial charge in [0.15, 0.2) is 5.58 Å². The molecule has 3 rings (SSSR count). The summed E-state index contributed by atoms with van der Waals surface area (Å²) >= 11 is 0. The molecule has 0 aliphatic rings. The SMILES string of the molecule is Cc1cc(C)cc(NC(=O)Cc2ccc3oc(=O)[nH]c3c2)c1. The highest BCUT2D eigenvalue weighted by Crippen LogP contribution is 2.16. The second-order valence-corrected chi connectivity index (χ2v) is 5.45. The largest absolute Gasteiger partial charge is 0.417 e. The van der Waals surface area contributed by atoms with Crippen LogP contribution < -0.4 is 11.1 Å². The van der Waals surface area contributed by atoms with Gasteiger partial charge < -0.3 is 9.73 Å². The van der Waals surface area contributed by atoms with Gasteiger partial charge in [0.05, 0.1) is 11.9 Å². The molecule has 1 heterocycles. The van der Waals surface area contributed by atoms with Crippen molar-refractivity contribution in [3.8, 4) is 0 Å². The Bertz CT molecular complexity index is 885. The molecule has 112 valence electrons. The summed E-state index contributed by atoms with van der Waals surface area (Å²) in [5, 5.41) is 2.89. The van der Waals surface area contributed by atoms with E-state index in [9.17, 15) is 9.59 Å². The first-order valence-corrected chi connectivity index (χ1v) is 6.99. The summed E-state index contributed by atoms with van der Waals surface area (Å²) in [5.74, 6) is -0.595. The standard InChI is InChI=1S/C17H16N2O3/c1-10-5-11(2)7-13(6-10)18-16(20)9-12-3-4-15-14(8-12)19-17(21)22-15/h3-8H,9H2,1-2H3,(H,18,20)(H,19,21). The van der Waals surface area contributed by atoms with Crippen molar-refractivity contribution >= 4 is 22.7 Å². The molecule has 0 aliphatic heterocycles. The lowest BCUT2D eigenvalue weighted by atomic mass is 10.1. The van der Waals surface area contributed by atoms with Gasteiger partial charge in [0, 0.05) is 5.69 Å². The number of H-pyrrole nitrogens is 1. The summed E-state index contributed by atoms with van der Waals surface area (Å²) in [6, 6.07) is 11.1. The fourth-order valence-electron chi connectivity index (χ4n) is 2.55. The summed E-state index contributed by atoms with van der Waals surface area (Å²) in [4.78, 5) is 25.8. The zero-order chi connectivity index (χ0) is 15.7. The summed E-state index contributed by atoms with van der Waals surface area (Å²) in [6.07, 6.45) is 0.232. The molecule has 2 N–H and O–H groups in total. The van der Waals surface area contributed by atoms with Crippen LogP contribution in [0.5, 0.6) is 0 Å². The summed E-state index contributed by atoms with van der Waals surface area (Å²) in [6.45, 7) is 3.98. The molecule has 0 bridgehead atoms. The van der Waals surface area contributed by atoms with E-state index < -0.39 is 5.76 Å². The lowest BCUT2D eigenvalue weighted by Gasteiger charge is -2.07. The second-order valence-electron chi connectivity index (χ2n) is 5.45. The maximum absolute atomic E-state index is 12.1. The first-order chi connectivity index (χ1) is 10.5. The van der Waals surface area contributed by atoms with Crippen LogP contribution in [0.1, 0.15) is 16.7 Å². The predicted octanol–water partition coefficient (Wildman–Crippen LogP) is 2.92. The van der Waals surface area contributed by atoms with Crippen molar-refractivity contribution in [1.82, 2.24) is 4.98 Å². The van der Waals surface area contributed by atoms with Crippen LogP contribution in [0.3, 0.4) is 0 Å². The summed E-state index contributed by atoms with van der Waals surface area (Å²) < 4.78 is 4.94. The highest BCUT2D eigenvalue weighted by molar-refractivity contribution is 5.93. The van der Waals surface area contributed by atoms with E-state index in [2.05, 4.69) is 16.4 Å². The van der Waals surface area contributed by atoms with Gasteiger partial charge in [-0.1, -0.05) is 12.1 Å². The smallest absolute Gasteiger partial charge is 0.408 e. The molecular formula is C17H16N2O3. The molecule has 1 aromatic heterocycles. The van der Waals surface area contributed by atoms with Gasteiger partial charge in [-0.3, -0.25) is 9.78 Å². The Morgan fingerprint density at radius 2 is 1.86 bits per heavy atom. The maximum atomic E-state index is 12.1. The maximum Gasteiger partial charge on any atom is 0.417 e. The normalized spacial score (nSPS) is 10.8. The number of aryl methyl sites for hydroxylation is 2. The monoisotopic (exact) mass is 296 g/mol. The van der Waals surface area contributed by atoms with Crippen molar-refractivity contribution in [1.29, 1.82) is 0 Å². The minimum absolute atomic E-state index is 0.102. The molecular weight excluding hydrogens is 280 g/mol. The van der Waals surface area contributed by atoms with Crippen molar-refractivity contribution in [2.75, 3.05) is 5.32 Å². The molecule has 3 aromatic rings. The zero-order valence-electron chi connectivity index (χ0n) is 12.4. The topological polar surface area (TPSA) is 75.1 Å². The van der Waals surface area contributed by atoms with Crippen molar-refractivity contribution < 1.29 is 9.21 Å². The molecule has 2 aromatic carbocycles. The zero-order valence-corrected chi connectivity index (χ0v) is 12.4. The van der Waals surface area contributed by atoms with E-state index in [1.165, 1.54) is 0 Å². The Morgan fingerprint density at radius 1 is 1.14 bits per heavy atom. The minimum atomic E-state index is -0.494. The molecule has 22 heavy (non-hydrogen) atoms. The van der Waals surface area contributed by atoms with E-state index >= 15 is 0 Å². The Labute approximate surface area is 127 Å². The first kappa shape index (κ1) is 14.1. The minimum Gasteiger partial charge on any atom is -0.408 e. The van der Waals surface area contributed by atoms with Crippen LogP contribution in [0.2, 0.25) is 0 Å². The molecule has 0 saturated heterocycles. The molecule has 0 spiro atoms. The van der Waals surface area contributed by atoms with Crippen LogP contribution in [0.4, 0.5) is 5.69 Å². The number of oxazole rings is 1. The predicted molar refractivity (Wildman–Crippen MR) is 85.1 cm³/mol. The first-order valence-electron chi connectivity index (χ1n) is 6.99. The summed E-state index contributed by atoms with van der Waals surface area (Å²) in [5.41, 5.74) is 4.90. The number of carbonyl (C=O) groups is 1. The Morgan fingerprint density at radius 3 is 2.59 bits per heavy atom. The molecule has 0 saturated carbocycles. The fraction of sp³-hybridized carbons (Fsp3) is 0.176. The van der Waals surface area contributed by atoms with Crippen molar-refractivity contribution in [2.45, 2.75) is 20.3 Å². The third kappa shape index (κ3) is 3.09. The molecule has 5 heteroatoms. The van der Waals surface area contributed by atoms with E-state index in [1.807, 2.05) is 26.0 Å². The van der Waals surface area contributed by atoms with Gasteiger partial charge in [-0.15, -0.1) is 0 Å². The number of fused-ring (bicyclic) bond motifs is 1. The molecule has 0 fully saturated rings. The lowest BCUT2D eigenvalue weighted by Crippen LogP contribution is -2.14. The molecule has 1 amide bonds. The average molecular weight is 296 g/mol. The van der Waals surface area contributed by atoms with Gasteiger partial charge in [0.2, 0.25) is 5.91 Å². The number of carbonyl (C=O) groups excluding carboxylic acids is 1. The number of aromatic amines is 1. The summed E-state index contributed by atoms with van der Waals surface area (Å²) in [7, 11) is 0. The van der Waals surface area contributed by atoms with Gasteiger partial charge in [-0.25, -0.2) is 4.79 Å². The van der Waals surface area contributed by atoms with Crippen LogP contribution >= 0.6 is 0 Å². The van der Waals surface area contributed by atoms with Gasteiger partial charge in [0.1, 0.15) is 0 Å². The average Bonchev–Trinajstić information content (AvgIpc) is 2.76. The number of nitrogens with one attached hydrogen (secondary N) is 2. The number of aromatic nitrogens is 1. The van der Waals surface area contributed by atoms with Gasteiger partial charge >= 0.3 is 5.76 Å². The van der Waals surface area contributed by atoms with Gasteiger partial charge in [-0.2, -0.15) is 0 Å².